The van der Waals surface area contributed by atoms with E-state index in [1.54, 1.807) is 12.2 Å². The molecule has 0 bridgehead atoms. The van der Waals surface area contributed by atoms with Crippen LogP contribution in [0.1, 0.15) is 0 Å². The molecule has 0 amide bonds. The summed E-state index contributed by atoms with van der Waals surface area (Å²) in [6, 6.07) is 2.39. The van der Waals surface area contributed by atoms with Crippen LogP contribution >= 0.6 is 0 Å². The first-order valence-corrected chi connectivity index (χ1v) is 6.78. The summed E-state index contributed by atoms with van der Waals surface area (Å²) in [5.41, 5.74) is 17.5. The van der Waals surface area contributed by atoms with Crippen molar-refractivity contribution in [3.8, 4) is 11.5 Å². The Hall–Kier alpha value is -3.43. The summed E-state index contributed by atoms with van der Waals surface area (Å²) in [6.45, 7) is 0.119. The number of benzene rings is 1. The summed E-state index contributed by atoms with van der Waals surface area (Å²) in [5.74, 6) is -1.97. The third-order valence-corrected chi connectivity index (χ3v) is 3.30. The number of nitrogen functional groups attached to an aromatic ring is 1. The van der Waals surface area contributed by atoms with Crippen molar-refractivity contribution in [2.75, 3.05) is 5.73 Å². The lowest BCUT2D eigenvalue weighted by Crippen LogP contribution is -2.10. The summed E-state index contributed by atoms with van der Waals surface area (Å²) in [6.07, 6.45) is 4.43. The van der Waals surface area contributed by atoms with Gasteiger partial charge < -0.3 is 21.8 Å². The summed E-state index contributed by atoms with van der Waals surface area (Å²) >= 11 is 0. The van der Waals surface area contributed by atoms with Gasteiger partial charge in [-0.2, -0.15) is 0 Å². The molecule has 0 aliphatic rings. The van der Waals surface area contributed by atoms with Crippen LogP contribution in [0.25, 0.3) is 22.6 Å². The number of aromatic nitrogens is 4. The number of hydrogen-bond donors (Lipinski definition) is 3. The minimum absolute atomic E-state index is 0.0307. The number of fused-ring (bicyclic) bond motifs is 1. The predicted octanol–water partition coefficient (Wildman–Crippen LogP) is 1.26. The molecule has 3 aromatic rings. The highest BCUT2D eigenvalue weighted by Gasteiger charge is 2.22. The van der Waals surface area contributed by atoms with E-state index in [-0.39, 0.29) is 29.4 Å². The first-order valence-electron chi connectivity index (χ1n) is 6.78. The molecule has 6 N–H and O–H groups in total. The SMILES string of the molecule is N/C=C\C=C(/N)Cn1c(-c2nonc2N)nc2c(F)c(F)ccc21. The van der Waals surface area contributed by atoms with Crippen LogP contribution in [-0.2, 0) is 6.54 Å². The quantitative estimate of drug-likeness (QED) is 0.612. The topological polar surface area (TPSA) is 135 Å². The van der Waals surface area contributed by atoms with Gasteiger partial charge in [0.2, 0.25) is 0 Å². The van der Waals surface area contributed by atoms with Crippen LogP contribution in [0.5, 0.6) is 0 Å². The molecule has 3 rings (SSSR count). The van der Waals surface area contributed by atoms with Crippen molar-refractivity contribution in [3.63, 3.8) is 0 Å². The molecular weight excluding hydrogens is 320 g/mol. The molecule has 0 saturated heterocycles. The molecule has 0 atom stereocenters. The van der Waals surface area contributed by atoms with E-state index in [4.69, 9.17) is 17.2 Å². The average Bonchev–Trinajstić information content (AvgIpc) is 3.13. The largest absolute Gasteiger partial charge is 0.405 e. The van der Waals surface area contributed by atoms with Crippen LogP contribution in [0, 0.1) is 11.6 Å². The highest BCUT2D eigenvalue weighted by Crippen LogP contribution is 2.29. The van der Waals surface area contributed by atoms with E-state index in [1.165, 1.54) is 16.8 Å². The smallest absolute Gasteiger partial charge is 0.199 e. The van der Waals surface area contributed by atoms with Gasteiger partial charge in [0, 0.05) is 5.70 Å². The van der Waals surface area contributed by atoms with Gasteiger partial charge in [0.1, 0.15) is 5.52 Å². The van der Waals surface area contributed by atoms with Crippen molar-refractivity contribution < 1.29 is 13.4 Å². The van der Waals surface area contributed by atoms with Crippen molar-refractivity contribution in [3.05, 3.63) is 47.8 Å². The Morgan fingerprint density at radius 1 is 1.29 bits per heavy atom. The van der Waals surface area contributed by atoms with Crippen molar-refractivity contribution >= 4 is 16.9 Å². The number of halogens is 2. The van der Waals surface area contributed by atoms with E-state index >= 15 is 0 Å². The molecule has 0 aliphatic heterocycles. The number of imidazole rings is 1. The second kappa shape index (κ2) is 5.99. The number of anilines is 1. The van der Waals surface area contributed by atoms with Gasteiger partial charge in [0.15, 0.2) is 29.0 Å². The maximum absolute atomic E-state index is 14.1. The highest BCUT2D eigenvalue weighted by molar-refractivity contribution is 5.82. The lowest BCUT2D eigenvalue weighted by molar-refractivity contribution is 0.310. The molecule has 2 heterocycles. The molecule has 10 heteroatoms. The summed E-state index contributed by atoms with van der Waals surface area (Å²) in [4.78, 5) is 4.09. The van der Waals surface area contributed by atoms with Crippen LogP contribution < -0.4 is 17.2 Å². The average molecular weight is 333 g/mol. The Morgan fingerprint density at radius 2 is 2.08 bits per heavy atom. The third kappa shape index (κ3) is 2.53. The third-order valence-electron chi connectivity index (χ3n) is 3.30. The molecule has 124 valence electrons. The number of nitrogens with two attached hydrogens (primary N) is 3. The van der Waals surface area contributed by atoms with Crippen LogP contribution in [0.2, 0.25) is 0 Å². The van der Waals surface area contributed by atoms with Crippen molar-refractivity contribution in [2.45, 2.75) is 6.54 Å². The minimum atomic E-state index is -1.08. The first kappa shape index (κ1) is 15.5. The molecule has 1 aromatic carbocycles. The zero-order valence-electron chi connectivity index (χ0n) is 12.3. The summed E-state index contributed by atoms with van der Waals surface area (Å²) in [7, 11) is 0. The van der Waals surface area contributed by atoms with Crippen molar-refractivity contribution in [1.29, 1.82) is 0 Å². The summed E-state index contributed by atoms with van der Waals surface area (Å²) in [5, 5.41) is 7.13. The fourth-order valence-electron chi connectivity index (χ4n) is 2.24. The van der Waals surface area contributed by atoms with Gasteiger partial charge in [0.25, 0.3) is 0 Å². The standard InChI is InChI=1S/C14H13F2N7O/c15-8-3-4-9-11(10(8)16)20-14(12-13(19)22-24-21-12)23(9)6-7(18)2-1-5-17/h1-5H,6,17-18H2,(H2,19,22)/b5-1-,7-2-. The maximum atomic E-state index is 14.1. The number of nitrogens with zero attached hydrogens (tertiary/aromatic N) is 4. The van der Waals surface area contributed by atoms with Crippen LogP contribution in [0.3, 0.4) is 0 Å². The van der Waals surface area contributed by atoms with Crippen LogP contribution in [0.4, 0.5) is 14.6 Å². The van der Waals surface area contributed by atoms with Crippen molar-refractivity contribution in [1.82, 2.24) is 19.9 Å². The molecule has 0 fully saturated rings. The molecule has 8 nitrogen and oxygen atoms in total. The molecule has 0 radical (unpaired) electrons. The number of hydrogen-bond acceptors (Lipinski definition) is 7. The van der Waals surface area contributed by atoms with Gasteiger partial charge in [-0.3, -0.25) is 0 Å². The van der Waals surface area contributed by atoms with Crippen molar-refractivity contribution in [2.24, 2.45) is 11.5 Å². The number of rotatable bonds is 4. The van der Waals surface area contributed by atoms with Gasteiger partial charge >= 0.3 is 0 Å². The second-order valence-corrected chi connectivity index (χ2v) is 4.88. The van der Waals surface area contributed by atoms with Gasteiger partial charge in [-0.25, -0.2) is 18.4 Å². The van der Waals surface area contributed by atoms with E-state index in [9.17, 15) is 8.78 Å². The van der Waals surface area contributed by atoms with E-state index in [0.29, 0.717) is 11.2 Å². The zero-order chi connectivity index (χ0) is 17.3. The van der Waals surface area contributed by atoms with Crippen LogP contribution in [-0.4, -0.2) is 19.9 Å². The minimum Gasteiger partial charge on any atom is -0.405 e. The van der Waals surface area contributed by atoms with Gasteiger partial charge in [-0.15, -0.1) is 0 Å². The molecule has 0 aliphatic carbocycles. The van der Waals surface area contributed by atoms with Gasteiger partial charge in [0.05, 0.1) is 12.1 Å². The van der Waals surface area contributed by atoms with Gasteiger partial charge in [-0.05, 0) is 40.8 Å². The zero-order valence-corrected chi connectivity index (χ0v) is 12.3. The van der Waals surface area contributed by atoms with Crippen LogP contribution in [0.15, 0.2) is 40.8 Å². The molecule has 0 spiro atoms. The maximum Gasteiger partial charge on any atom is 0.199 e. The molecule has 2 aromatic heterocycles. The summed E-state index contributed by atoms with van der Waals surface area (Å²) < 4.78 is 33.6. The Labute approximate surface area is 134 Å². The fraction of sp³-hybridized carbons (Fsp3) is 0.0714. The van der Waals surface area contributed by atoms with E-state index < -0.39 is 11.6 Å². The Kier molecular flexibility index (Phi) is 3.86. The molecule has 24 heavy (non-hydrogen) atoms. The molecule has 0 saturated carbocycles. The molecular formula is C14H13F2N7O. The lowest BCUT2D eigenvalue weighted by atomic mass is 10.3. The second-order valence-electron chi connectivity index (χ2n) is 4.88. The Morgan fingerprint density at radius 3 is 2.75 bits per heavy atom. The Bertz CT molecular complexity index is 958. The molecule has 0 unspecified atom stereocenters. The van der Waals surface area contributed by atoms with E-state index in [2.05, 4.69) is 19.9 Å². The first-order chi connectivity index (χ1) is 11.5. The monoisotopic (exact) mass is 333 g/mol. The van der Waals surface area contributed by atoms with E-state index in [0.717, 1.165) is 6.07 Å². The normalized spacial score (nSPS) is 12.5. The lowest BCUT2D eigenvalue weighted by Gasteiger charge is -2.08. The van der Waals surface area contributed by atoms with Gasteiger partial charge in [-0.1, -0.05) is 0 Å². The number of allylic oxidation sites excluding steroid dienone is 3. The Balaban J connectivity index is 2.24. The highest BCUT2D eigenvalue weighted by atomic mass is 19.2. The van der Waals surface area contributed by atoms with E-state index in [1.807, 2.05) is 0 Å². The fourth-order valence-corrected chi connectivity index (χ4v) is 2.24. The predicted molar refractivity (Wildman–Crippen MR) is 83.0 cm³/mol.